The number of aromatic nitrogens is 2. The Labute approximate surface area is 102 Å². The summed E-state index contributed by atoms with van der Waals surface area (Å²) in [7, 11) is 0. The zero-order valence-electron chi connectivity index (χ0n) is 10.6. The lowest BCUT2D eigenvalue weighted by Gasteiger charge is -2.35. The third-order valence-electron chi connectivity index (χ3n) is 3.53. The minimum Gasteiger partial charge on any atom is -0.388 e. The van der Waals surface area contributed by atoms with Gasteiger partial charge in [-0.25, -0.2) is 4.98 Å². The Morgan fingerprint density at radius 2 is 2.24 bits per heavy atom. The molecular formula is C13H21N3O. The van der Waals surface area contributed by atoms with Gasteiger partial charge in [-0.1, -0.05) is 19.8 Å². The highest BCUT2D eigenvalue weighted by Crippen LogP contribution is 2.32. The van der Waals surface area contributed by atoms with Crippen molar-refractivity contribution in [2.75, 3.05) is 11.9 Å². The maximum Gasteiger partial charge on any atom is 0.147 e. The zero-order valence-corrected chi connectivity index (χ0v) is 10.6. The third kappa shape index (κ3) is 3.16. The van der Waals surface area contributed by atoms with E-state index in [9.17, 15) is 5.11 Å². The fourth-order valence-corrected chi connectivity index (χ4v) is 2.62. The summed E-state index contributed by atoms with van der Waals surface area (Å²) < 4.78 is 0. The highest BCUT2D eigenvalue weighted by Gasteiger charge is 2.32. The number of hydrogen-bond donors (Lipinski definition) is 2. The van der Waals surface area contributed by atoms with E-state index in [2.05, 4.69) is 22.2 Å². The summed E-state index contributed by atoms with van der Waals surface area (Å²) in [6, 6.07) is 0. The van der Waals surface area contributed by atoms with Crippen molar-refractivity contribution in [3.05, 3.63) is 18.1 Å². The van der Waals surface area contributed by atoms with Gasteiger partial charge in [0.1, 0.15) is 5.82 Å². The summed E-state index contributed by atoms with van der Waals surface area (Å²) in [6.07, 6.45) is 7.44. The molecule has 4 heteroatoms. The van der Waals surface area contributed by atoms with Crippen LogP contribution < -0.4 is 5.32 Å². The van der Waals surface area contributed by atoms with Crippen LogP contribution in [0.1, 0.15) is 38.3 Å². The number of nitrogens with zero attached hydrogens (tertiary/aromatic N) is 2. The predicted octanol–water partition coefficient (Wildman–Crippen LogP) is 2.14. The van der Waals surface area contributed by atoms with Crippen LogP contribution in [-0.2, 0) is 0 Å². The molecular weight excluding hydrogens is 214 g/mol. The van der Waals surface area contributed by atoms with Gasteiger partial charge in [0.15, 0.2) is 0 Å². The van der Waals surface area contributed by atoms with E-state index in [0.29, 0.717) is 12.5 Å². The van der Waals surface area contributed by atoms with Gasteiger partial charge in [-0.2, -0.15) is 0 Å². The molecule has 2 rings (SSSR count). The number of hydrogen-bond acceptors (Lipinski definition) is 4. The Morgan fingerprint density at radius 1 is 1.47 bits per heavy atom. The number of nitrogens with one attached hydrogen (secondary N) is 1. The van der Waals surface area contributed by atoms with Gasteiger partial charge in [-0.15, -0.1) is 0 Å². The first kappa shape index (κ1) is 12.3. The molecule has 0 aromatic carbocycles. The zero-order chi connectivity index (χ0) is 12.3. The van der Waals surface area contributed by atoms with Crippen LogP contribution >= 0.6 is 0 Å². The van der Waals surface area contributed by atoms with Crippen LogP contribution in [0.3, 0.4) is 0 Å². The quantitative estimate of drug-likeness (QED) is 0.842. The minimum atomic E-state index is -0.582. The molecule has 1 aliphatic rings. The van der Waals surface area contributed by atoms with E-state index in [4.69, 9.17) is 0 Å². The Morgan fingerprint density at radius 3 is 2.94 bits per heavy atom. The van der Waals surface area contributed by atoms with Crippen molar-refractivity contribution in [2.24, 2.45) is 5.92 Å². The molecule has 1 aromatic heterocycles. The Balaban J connectivity index is 1.95. The molecule has 1 fully saturated rings. The first-order valence-electron chi connectivity index (χ1n) is 6.33. The van der Waals surface area contributed by atoms with E-state index in [1.807, 2.05) is 6.92 Å². The van der Waals surface area contributed by atoms with Crippen LogP contribution in [0, 0.1) is 12.8 Å². The van der Waals surface area contributed by atoms with E-state index in [1.165, 1.54) is 6.42 Å². The van der Waals surface area contributed by atoms with Crippen LogP contribution in [0.15, 0.2) is 12.4 Å². The largest absolute Gasteiger partial charge is 0.388 e. The molecule has 0 amide bonds. The first-order valence-corrected chi connectivity index (χ1v) is 6.33. The molecule has 0 spiro atoms. The number of aryl methyl sites for hydroxylation is 1. The maximum atomic E-state index is 10.5. The fraction of sp³-hybridized carbons (Fsp3) is 0.692. The lowest BCUT2D eigenvalue weighted by atomic mass is 9.79. The lowest BCUT2D eigenvalue weighted by Crippen LogP contribution is -2.41. The van der Waals surface area contributed by atoms with Crippen molar-refractivity contribution in [2.45, 2.75) is 45.1 Å². The molecule has 1 aromatic rings. The second-order valence-corrected chi connectivity index (χ2v) is 5.27. The van der Waals surface area contributed by atoms with E-state index in [0.717, 1.165) is 30.8 Å². The van der Waals surface area contributed by atoms with Gasteiger partial charge in [-0.3, -0.25) is 4.98 Å². The maximum absolute atomic E-state index is 10.5. The molecule has 94 valence electrons. The summed E-state index contributed by atoms with van der Waals surface area (Å²) in [5, 5.41) is 13.7. The SMILES string of the molecule is Cc1nccnc1NCC1(O)CCCC(C)C1. The standard InChI is InChI=1S/C13H21N3O/c1-10-4-3-5-13(17,8-10)9-16-12-11(2)14-6-7-15-12/h6-7,10,17H,3-5,8-9H2,1-2H3,(H,15,16). The van der Waals surface area contributed by atoms with Crippen molar-refractivity contribution in [1.29, 1.82) is 0 Å². The average molecular weight is 235 g/mol. The Hall–Kier alpha value is -1.16. The second kappa shape index (κ2) is 5.00. The van der Waals surface area contributed by atoms with Gasteiger partial charge in [0.25, 0.3) is 0 Å². The molecule has 2 N–H and O–H groups in total. The van der Waals surface area contributed by atoms with Gasteiger partial charge in [0.2, 0.25) is 0 Å². The highest BCUT2D eigenvalue weighted by molar-refractivity contribution is 5.38. The summed E-state index contributed by atoms with van der Waals surface area (Å²) in [5.74, 6) is 1.39. The Bertz CT molecular complexity index is 383. The first-order chi connectivity index (χ1) is 8.09. The van der Waals surface area contributed by atoms with Gasteiger partial charge >= 0.3 is 0 Å². The molecule has 0 aliphatic heterocycles. The minimum absolute atomic E-state index is 0.566. The number of anilines is 1. The predicted molar refractivity (Wildman–Crippen MR) is 67.8 cm³/mol. The van der Waals surface area contributed by atoms with E-state index in [1.54, 1.807) is 12.4 Å². The topological polar surface area (TPSA) is 58.0 Å². The van der Waals surface area contributed by atoms with Crippen LogP contribution in [0.5, 0.6) is 0 Å². The monoisotopic (exact) mass is 235 g/mol. The van der Waals surface area contributed by atoms with Gasteiger partial charge in [0, 0.05) is 18.9 Å². The van der Waals surface area contributed by atoms with Crippen LogP contribution in [0.2, 0.25) is 0 Å². The summed E-state index contributed by atoms with van der Waals surface area (Å²) in [4.78, 5) is 8.40. The smallest absolute Gasteiger partial charge is 0.147 e. The number of aliphatic hydroxyl groups is 1. The Kier molecular flexibility index (Phi) is 3.62. The molecule has 1 saturated carbocycles. The highest BCUT2D eigenvalue weighted by atomic mass is 16.3. The summed E-state index contributed by atoms with van der Waals surface area (Å²) in [6.45, 7) is 4.69. The summed E-state index contributed by atoms with van der Waals surface area (Å²) >= 11 is 0. The molecule has 2 atom stereocenters. The van der Waals surface area contributed by atoms with E-state index >= 15 is 0 Å². The normalized spacial score (nSPS) is 29.0. The van der Waals surface area contributed by atoms with Crippen molar-refractivity contribution >= 4 is 5.82 Å². The molecule has 0 bridgehead atoms. The summed E-state index contributed by atoms with van der Waals surface area (Å²) in [5.41, 5.74) is 0.293. The average Bonchev–Trinajstić information content (AvgIpc) is 2.28. The van der Waals surface area contributed by atoms with E-state index in [-0.39, 0.29) is 0 Å². The van der Waals surface area contributed by atoms with Crippen molar-refractivity contribution in [3.8, 4) is 0 Å². The molecule has 2 unspecified atom stereocenters. The second-order valence-electron chi connectivity index (χ2n) is 5.27. The molecule has 1 aliphatic carbocycles. The van der Waals surface area contributed by atoms with Crippen molar-refractivity contribution in [3.63, 3.8) is 0 Å². The van der Waals surface area contributed by atoms with Gasteiger partial charge < -0.3 is 10.4 Å². The van der Waals surface area contributed by atoms with Crippen LogP contribution in [0.25, 0.3) is 0 Å². The van der Waals surface area contributed by atoms with Gasteiger partial charge in [0.05, 0.1) is 11.3 Å². The van der Waals surface area contributed by atoms with Crippen molar-refractivity contribution in [1.82, 2.24) is 9.97 Å². The van der Waals surface area contributed by atoms with Crippen LogP contribution in [0.4, 0.5) is 5.82 Å². The molecule has 0 radical (unpaired) electrons. The lowest BCUT2D eigenvalue weighted by molar-refractivity contribution is -0.000837. The third-order valence-corrected chi connectivity index (χ3v) is 3.53. The number of rotatable bonds is 3. The van der Waals surface area contributed by atoms with E-state index < -0.39 is 5.60 Å². The molecule has 4 nitrogen and oxygen atoms in total. The van der Waals surface area contributed by atoms with Crippen LogP contribution in [-0.4, -0.2) is 27.2 Å². The van der Waals surface area contributed by atoms with Crippen molar-refractivity contribution < 1.29 is 5.11 Å². The fourth-order valence-electron chi connectivity index (χ4n) is 2.62. The molecule has 1 heterocycles. The molecule has 0 saturated heterocycles. The molecule has 17 heavy (non-hydrogen) atoms. The van der Waals surface area contributed by atoms with Gasteiger partial charge in [-0.05, 0) is 25.7 Å².